The summed E-state index contributed by atoms with van der Waals surface area (Å²) in [6.45, 7) is 3.93. The van der Waals surface area contributed by atoms with E-state index in [0.717, 1.165) is 36.5 Å². The number of hydrogen-bond acceptors (Lipinski definition) is 4. The van der Waals surface area contributed by atoms with Crippen molar-refractivity contribution in [3.63, 3.8) is 0 Å². The van der Waals surface area contributed by atoms with Crippen LogP contribution in [0.2, 0.25) is 5.02 Å². The van der Waals surface area contributed by atoms with Gasteiger partial charge in [0, 0.05) is 24.5 Å². The van der Waals surface area contributed by atoms with Gasteiger partial charge in [0.1, 0.15) is 5.75 Å². The Hall–Kier alpha value is -1.59. The van der Waals surface area contributed by atoms with E-state index in [1.165, 1.54) is 0 Å². The van der Waals surface area contributed by atoms with Gasteiger partial charge in [-0.1, -0.05) is 23.7 Å². The number of hydrogen-bond donors (Lipinski definition) is 1. The van der Waals surface area contributed by atoms with Crippen LogP contribution in [-0.4, -0.2) is 21.6 Å². The van der Waals surface area contributed by atoms with Crippen LogP contribution in [0.3, 0.4) is 0 Å². The minimum atomic E-state index is 0.435. The van der Waals surface area contributed by atoms with E-state index in [9.17, 15) is 0 Å². The summed E-state index contributed by atoms with van der Waals surface area (Å²) in [7, 11) is 0. The Morgan fingerprint density at radius 3 is 2.70 bits per heavy atom. The Balaban J connectivity index is 1.81. The highest BCUT2D eigenvalue weighted by atomic mass is 35.5. The second kappa shape index (κ2) is 7.26. The average molecular weight is 295 g/mol. The van der Waals surface area contributed by atoms with E-state index in [-0.39, 0.29) is 0 Å². The number of benzene rings is 1. The molecule has 0 aliphatic rings. The van der Waals surface area contributed by atoms with Gasteiger partial charge in [0.2, 0.25) is 0 Å². The van der Waals surface area contributed by atoms with E-state index in [1.807, 2.05) is 28.9 Å². The number of ether oxygens (including phenoxy) is 1. The van der Waals surface area contributed by atoms with Crippen LogP contribution in [0.1, 0.15) is 24.7 Å². The van der Waals surface area contributed by atoms with Crippen LogP contribution in [0.5, 0.6) is 5.75 Å². The van der Waals surface area contributed by atoms with Gasteiger partial charge >= 0.3 is 0 Å². The van der Waals surface area contributed by atoms with E-state index in [2.05, 4.69) is 17.2 Å². The fourth-order valence-corrected chi connectivity index (χ4v) is 2.15. The third kappa shape index (κ3) is 3.71. The molecule has 0 atom stereocenters. The summed E-state index contributed by atoms with van der Waals surface area (Å²) in [5, 5.41) is 8.92. The molecule has 0 saturated carbocycles. The Bertz CT molecular complexity index is 539. The first kappa shape index (κ1) is 14.8. The highest BCUT2D eigenvalue weighted by Crippen LogP contribution is 2.15. The van der Waals surface area contributed by atoms with E-state index in [4.69, 9.17) is 22.1 Å². The largest absolute Gasteiger partial charge is 0.494 e. The number of rotatable bonds is 7. The number of aromatic nitrogens is 3. The monoisotopic (exact) mass is 294 g/mol. The smallest absolute Gasteiger partial charge is 0.119 e. The SMILES string of the molecule is CCc1c(CN)nnn1CCCOc1ccc(Cl)cc1. The van der Waals surface area contributed by atoms with Gasteiger partial charge in [0.05, 0.1) is 18.0 Å². The van der Waals surface area contributed by atoms with Crippen molar-refractivity contribution in [3.05, 3.63) is 40.7 Å². The predicted octanol–water partition coefficient (Wildman–Crippen LogP) is 2.42. The standard InChI is InChI=1S/C14H19ClN4O/c1-2-14-13(10-16)17-18-19(14)8-3-9-20-12-6-4-11(15)5-7-12/h4-7H,2-3,8-10,16H2,1H3. The molecule has 0 bridgehead atoms. The summed E-state index contributed by atoms with van der Waals surface area (Å²) in [5.74, 6) is 0.825. The molecular weight excluding hydrogens is 276 g/mol. The molecule has 2 aromatic rings. The maximum absolute atomic E-state index is 5.82. The van der Waals surface area contributed by atoms with Crippen molar-refractivity contribution in [1.29, 1.82) is 0 Å². The van der Waals surface area contributed by atoms with Crippen molar-refractivity contribution < 1.29 is 4.74 Å². The number of halogens is 1. The van der Waals surface area contributed by atoms with Gasteiger partial charge in [0.25, 0.3) is 0 Å². The maximum atomic E-state index is 5.82. The van der Waals surface area contributed by atoms with Gasteiger partial charge in [-0.2, -0.15) is 0 Å². The molecule has 0 radical (unpaired) electrons. The molecule has 6 heteroatoms. The molecule has 1 heterocycles. The highest BCUT2D eigenvalue weighted by Gasteiger charge is 2.08. The first-order chi connectivity index (χ1) is 9.74. The van der Waals surface area contributed by atoms with Crippen LogP contribution in [0, 0.1) is 0 Å². The topological polar surface area (TPSA) is 66.0 Å². The third-order valence-electron chi connectivity index (χ3n) is 3.04. The molecule has 0 unspecified atom stereocenters. The predicted molar refractivity (Wildman–Crippen MR) is 78.9 cm³/mol. The van der Waals surface area contributed by atoms with Crippen molar-refractivity contribution >= 4 is 11.6 Å². The summed E-state index contributed by atoms with van der Waals surface area (Å²) in [5.41, 5.74) is 7.62. The van der Waals surface area contributed by atoms with Gasteiger partial charge in [-0.25, -0.2) is 4.68 Å². The lowest BCUT2D eigenvalue weighted by Crippen LogP contribution is -2.10. The third-order valence-corrected chi connectivity index (χ3v) is 3.29. The summed E-state index contributed by atoms with van der Waals surface area (Å²) in [6, 6.07) is 7.36. The Kier molecular flexibility index (Phi) is 5.38. The lowest BCUT2D eigenvalue weighted by Gasteiger charge is -2.08. The van der Waals surface area contributed by atoms with E-state index in [1.54, 1.807) is 0 Å². The maximum Gasteiger partial charge on any atom is 0.119 e. The Morgan fingerprint density at radius 2 is 2.05 bits per heavy atom. The molecule has 1 aromatic carbocycles. The van der Waals surface area contributed by atoms with E-state index < -0.39 is 0 Å². The Labute approximate surface area is 123 Å². The summed E-state index contributed by atoms with van der Waals surface area (Å²) >= 11 is 5.82. The van der Waals surface area contributed by atoms with Crippen LogP contribution in [0.4, 0.5) is 0 Å². The second-order valence-electron chi connectivity index (χ2n) is 4.42. The van der Waals surface area contributed by atoms with Crippen LogP contribution >= 0.6 is 11.6 Å². The average Bonchev–Trinajstić information content (AvgIpc) is 2.87. The van der Waals surface area contributed by atoms with Crippen molar-refractivity contribution in [3.8, 4) is 5.75 Å². The van der Waals surface area contributed by atoms with Crippen LogP contribution in [-0.2, 0) is 19.5 Å². The first-order valence-electron chi connectivity index (χ1n) is 6.74. The minimum absolute atomic E-state index is 0.435. The van der Waals surface area contributed by atoms with Crippen molar-refractivity contribution in [2.75, 3.05) is 6.61 Å². The summed E-state index contributed by atoms with van der Waals surface area (Å²) in [4.78, 5) is 0. The quantitative estimate of drug-likeness (QED) is 0.797. The minimum Gasteiger partial charge on any atom is -0.494 e. The second-order valence-corrected chi connectivity index (χ2v) is 4.86. The van der Waals surface area contributed by atoms with Gasteiger partial charge in [-0.05, 0) is 30.7 Å². The molecule has 0 aliphatic heterocycles. The lowest BCUT2D eigenvalue weighted by atomic mass is 10.2. The van der Waals surface area contributed by atoms with Gasteiger partial charge in [-0.3, -0.25) is 0 Å². The number of nitrogens with zero attached hydrogens (tertiary/aromatic N) is 3. The van der Waals surface area contributed by atoms with E-state index in [0.29, 0.717) is 18.2 Å². The fraction of sp³-hybridized carbons (Fsp3) is 0.429. The molecule has 0 fully saturated rings. The van der Waals surface area contributed by atoms with Crippen molar-refractivity contribution in [2.24, 2.45) is 5.73 Å². The molecular formula is C14H19ClN4O. The van der Waals surface area contributed by atoms with Gasteiger partial charge in [0.15, 0.2) is 0 Å². The zero-order valence-corrected chi connectivity index (χ0v) is 12.3. The highest BCUT2D eigenvalue weighted by molar-refractivity contribution is 6.30. The molecule has 2 N–H and O–H groups in total. The van der Waals surface area contributed by atoms with E-state index >= 15 is 0 Å². The molecule has 0 aliphatic carbocycles. The van der Waals surface area contributed by atoms with Crippen molar-refractivity contribution in [2.45, 2.75) is 32.9 Å². The van der Waals surface area contributed by atoms with Crippen molar-refractivity contribution in [1.82, 2.24) is 15.0 Å². The summed E-state index contributed by atoms with van der Waals surface area (Å²) < 4.78 is 7.55. The summed E-state index contributed by atoms with van der Waals surface area (Å²) in [6.07, 6.45) is 1.75. The molecule has 0 amide bonds. The van der Waals surface area contributed by atoms with Crippen LogP contribution in [0.15, 0.2) is 24.3 Å². The lowest BCUT2D eigenvalue weighted by molar-refractivity contribution is 0.297. The zero-order valence-electron chi connectivity index (χ0n) is 11.6. The molecule has 0 saturated heterocycles. The normalized spacial score (nSPS) is 10.8. The number of aryl methyl sites for hydroxylation is 1. The molecule has 2 rings (SSSR count). The molecule has 0 spiro atoms. The molecule has 20 heavy (non-hydrogen) atoms. The first-order valence-corrected chi connectivity index (χ1v) is 7.12. The molecule has 108 valence electrons. The van der Waals surface area contributed by atoms with Crippen LogP contribution < -0.4 is 10.5 Å². The fourth-order valence-electron chi connectivity index (χ4n) is 2.03. The van der Waals surface area contributed by atoms with Crippen LogP contribution in [0.25, 0.3) is 0 Å². The molecule has 5 nitrogen and oxygen atoms in total. The number of nitrogens with two attached hydrogens (primary N) is 1. The Morgan fingerprint density at radius 1 is 1.30 bits per heavy atom. The molecule has 1 aromatic heterocycles. The van der Waals surface area contributed by atoms with Gasteiger partial charge < -0.3 is 10.5 Å². The van der Waals surface area contributed by atoms with Gasteiger partial charge in [-0.15, -0.1) is 5.10 Å². The zero-order chi connectivity index (χ0) is 14.4.